The fourth-order valence-corrected chi connectivity index (χ4v) is 3.15. The Morgan fingerprint density at radius 3 is 2.88 bits per heavy atom. The van der Waals surface area contributed by atoms with Crippen molar-refractivity contribution < 1.29 is 9.84 Å². The molecule has 0 aromatic heterocycles. The summed E-state index contributed by atoms with van der Waals surface area (Å²) in [5, 5.41) is 10.2. The third-order valence-corrected chi connectivity index (χ3v) is 4.09. The molecule has 0 saturated heterocycles. The van der Waals surface area contributed by atoms with Crippen LogP contribution in [0.1, 0.15) is 30.4 Å². The van der Waals surface area contributed by atoms with Gasteiger partial charge in [-0.1, -0.05) is 15.9 Å². The van der Waals surface area contributed by atoms with Crippen LogP contribution in [0.3, 0.4) is 0 Å². The van der Waals surface area contributed by atoms with Crippen molar-refractivity contribution in [1.82, 2.24) is 0 Å². The van der Waals surface area contributed by atoms with Crippen molar-refractivity contribution in [3.63, 3.8) is 0 Å². The minimum Gasteiger partial charge on any atom is -0.493 e. The minimum absolute atomic E-state index is 0.472. The van der Waals surface area contributed by atoms with Crippen LogP contribution in [0.25, 0.3) is 0 Å². The molecular weight excluding hydrogens is 268 g/mol. The van der Waals surface area contributed by atoms with E-state index >= 15 is 0 Å². The molecule has 2 aliphatic rings. The second-order valence-electron chi connectivity index (χ2n) is 4.91. The average Bonchev–Trinajstić information content (AvgIpc) is 2.63. The lowest BCUT2D eigenvalue weighted by Gasteiger charge is -2.37. The van der Waals surface area contributed by atoms with Crippen LogP contribution in [0, 0.1) is 0 Å². The molecule has 16 heavy (non-hydrogen) atoms. The molecule has 3 heteroatoms. The largest absolute Gasteiger partial charge is 0.493 e. The summed E-state index contributed by atoms with van der Waals surface area (Å²) in [5.41, 5.74) is 1.96. The van der Waals surface area contributed by atoms with Gasteiger partial charge < -0.3 is 9.84 Å². The maximum Gasteiger partial charge on any atom is 0.125 e. The van der Waals surface area contributed by atoms with Gasteiger partial charge in [0, 0.05) is 17.3 Å². The molecule has 1 aliphatic heterocycles. The summed E-state index contributed by atoms with van der Waals surface area (Å²) in [6, 6.07) is 4.21. The Bertz CT molecular complexity index is 424. The number of benzene rings is 1. The van der Waals surface area contributed by atoms with Gasteiger partial charge >= 0.3 is 0 Å². The van der Waals surface area contributed by atoms with E-state index in [2.05, 4.69) is 28.1 Å². The fraction of sp³-hybridized carbons (Fsp3) is 0.538. The normalized spacial score (nSPS) is 21.1. The number of hydrogen-bond donors (Lipinski definition) is 1. The molecule has 86 valence electrons. The SMILES string of the molecule is OC1(Cc2cc(Br)cc3c2OCC3)CCC1. The van der Waals surface area contributed by atoms with Gasteiger partial charge in [0.25, 0.3) is 0 Å². The Morgan fingerprint density at radius 1 is 1.38 bits per heavy atom. The third kappa shape index (κ3) is 1.76. The van der Waals surface area contributed by atoms with Crippen LogP contribution in [0.4, 0.5) is 0 Å². The second-order valence-corrected chi connectivity index (χ2v) is 5.82. The zero-order valence-electron chi connectivity index (χ0n) is 9.13. The molecule has 1 aromatic rings. The highest BCUT2D eigenvalue weighted by Crippen LogP contribution is 2.40. The molecule has 1 N–H and O–H groups in total. The van der Waals surface area contributed by atoms with Crippen LogP contribution in [0.15, 0.2) is 16.6 Å². The van der Waals surface area contributed by atoms with Crippen LogP contribution in [0.5, 0.6) is 5.75 Å². The quantitative estimate of drug-likeness (QED) is 0.904. The summed E-state index contributed by atoms with van der Waals surface area (Å²) in [5.74, 6) is 1.02. The maximum absolute atomic E-state index is 10.2. The van der Waals surface area contributed by atoms with E-state index in [1.807, 2.05) is 0 Å². The average molecular weight is 283 g/mol. The molecule has 1 aromatic carbocycles. The second kappa shape index (κ2) is 3.74. The van der Waals surface area contributed by atoms with E-state index in [0.29, 0.717) is 0 Å². The highest BCUT2D eigenvalue weighted by molar-refractivity contribution is 9.10. The summed E-state index contributed by atoms with van der Waals surface area (Å²) in [7, 11) is 0. The molecule has 1 aliphatic carbocycles. The van der Waals surface area contributed by atoms with Crippen molar-refractivity contribution in [1.29, 1.82) is 0 Å². The monoisotopic (exact) mass is 282 g/mol. The molecule has 0 atom stereocenters. The number of halogens is 1. The van der Waals surface area contributed by atoms with Gasteiger partial charge in [0.2, 0.25) is 0 Å². The van der Waals surface area contributed by atoms with E-state index in [1.54, 1.807) is 0 Å². The van der Waals surface area contributed by atoms with E-state index in [9.17, 15) is 5.11 Å². The van der Waals surface area contributed by atoms with E-state index in [0.717, 1.165) is 54.5 Å². The van der Waals surface area contributed by atoms with Gasteiger partial charge in [-0.05, 0) is 42.5 Å². The predicted octanol–water partition coefficient (Wildman–Crippen LogP) is 2.84. The van der Waals surface area contributed by atoms with Crippen molar-refractivity contribution in [2.45, 2.75) is 37.7 Å². The smallest absolute Gasteiger partial charge is 0.125 e. The Morgan fingerprint density at radius 2 is 2.19 bits per heavy atom. The number of fused-ring (bicyclic) bond motifs is 1. The Balaban J connectivity index is 1.94. The van der Waals surface area contributed by atoms with Gasteiger partial charge in [-0.15, -0.1) is 0 Å². The van der Waals surface area contributed by atoms with Gasteiger partial charge in [0.1, 0.15) is 5.75 Å². The van der Waals surface area contributed by atoms with E-state index in [1.165, 1.54) is 5.56 Å². The van der Waals surface area contributed by atoms with Gasteiger partial charge in [-0.3, -0.25) is 0 Å². The van der Waals surface area contributed by atoms with Gasteiger partial charge in [0.05, 0.1) is 12.2 Å². The molecule has 0 bridgehead atoms. The number of aliphatic hydroxyl groups is 1. The first kappa shape index (κ1) is 10.6. The number of ether oxygens (including phenoxy) is 1. The van der Waals surface area contributed by atoms with Crippen molar-refractivity contribution in [2.75, 3.05) is 6.61 Å². The zero-order valence-corrected chi connectivity index (χ0v) is 10.7. The summed E-state index contributed by atoms with van der Waals surface area (Å²) in [6.07, 6.45) is 4.71. The lowest BCUT2D eigenvalue weighted by Crippen LogP contribution is -2.39. The van der Waals surface area contributed by atoms with Crippen molar-refractivity contribution in [3.8, 4) is 5.75 Å². The van der Waals surface area contributed by atoms with Crippen LogP contribution in [-0.4, -0.2) is 17.3 Å². The molecule has 1 heterocycles. The highest BCUT2D eigenvalue weighted by Gasteiger charge is 2.36. The van der Waals surface area contributed by atoms with Crippen molar-refractivity contribution in [3.05, 3.63) is 27.7 Å². The topological polar surface area (TPSA) is 29.5 Å². The van der Waals surface area contributed by atoms with Gasteiger partial charge in [-0.2, -0.15) is 0 Å². The van der Waals surface area contributed by atoms with Crippen molar-refractivity contribution in [2.24, 2.45) is 0 Å². The standard InChI is InChI=1S/C13H15BrO2/c14-11-6-9-2-5-16-12(9)10(7-11)8-13(15)3-1-4-13/h6-7,15H,1-5,8H2. The van der Waals surface area contributed by atoms with Crippen LogP contribution in [0.2, 0.25) is 0 Å². The van der Waals surface area contributed by atoms with Gasteiger partial charge in [0.15, 0.2) is 0 Å². The Kier molecular flexibility index (Phi) is 2.48. The summed E-state index contributed by atoms with van der Waals surface area (Å²) in [4.78, 5) is 0. The van der Waals surface area contributed by atoms with E-state index in [4.69, 9.17) is 4.74 Å². The zero-order chi connectivity index (χ0) is 11.2. The molecule has 0 radical (unpaired) electrons. The predicted molar refractivity (Wildman–Crippen MR) is 65.8 cm³/mol. The maximum atomic E-state index is 10.2. The van der Waals surface area contributed by atoms with Crippen LogP contribution in [-0.2, 0) is 12.8 Å². The van der Waals surface area contributed by atoms with E-state index < -0.39 is 5.60 Å². The Hall–Kier alpha value is -0.540. The first-order chi connectivity index (χ1) is 7.66. The first-order valence-electron chi connectivity index (χ1n) is 5.83. The summed E-state index contributed by atoms with van der Waals surface area (Å²) in [6.45, 7) is 0.775. The number of hydrogen-bond acceptors (Lipinski definition) is 2. The fourth-order valence-electron chi connectivity index (χ4n) is 2.59. The molecule has 0 amide bonds. The first-order valence-corrected chi connectivity index (χ1v) is 6.62. The third-order valence-electron chi connectivity index (χ3n) is 3.63. The molecule has 2 nitrogen and oxygen atoms in total. The van der Waals surface area contributed by atoms with Crippen LogP contribution < -0.4 is 4.74 Å². The lowest BCUT2D eigenvalue weighted by atomic mass is 9.76. The Labute approximate surface area is 104 Å². The summed E-state index contributed by atoms with van der Waals surface area (Å²) >= 11 is 3.53. The molecule has 1 saturated carbocycles. The number of rotatable bonds is 2. The lowest BCUT2D eigenvalue weighted by molar-refractivity contribution is -0.0326. The highest BCUT2D eigenvalue weighted by atomic mass is 79.9. The van der Waals surface area contributed by atoms with E-state index in [-0.39, 0.29) is 0 Å². The molecule has 0 spiro atoms. The summed E-state index contributed by atoms with van der Waals surface area (Å²) < 4.78 is 6.76. The van der Waals surface area contributed by atoms with Crippen LogP contribution >= 0.6 is 15.9 Å². The molecule has 1 fully saturated rings. The van der Waals surface area contributed by atoms with Crippen molar-refractivity contribution >= 4 is 15.9 Å². The minimum atomic E-state index is -0.472. The molecular formula is C13H15BrO2. The molecule has 0 unspecified atom stereocenters. The molecule has 3 rings (SSSR count). The van der Waals surface area contributed by atoms with Gasteiger partial charge in [-0.25, -0.2) is 0 Å².